The lowest BCUT2D eigenvalue weighted by atomic mass is 10.1. The van der Waals surface area contributed by atoms with Crippen LogP contribution in [-0.2, 0) is 4.74 Å². The molecule has 1 aliphatic heterocycles. The second kappa shape index (κ2) is 6.77. The van der Waals surface area contributed by atoms with Gasteiger partial charge in [0.2, 0.25) is 0 Å². The van der Waals surface area contributed by atoms with Crippen molar-refractivity contribution in [2.75, 3.05) is 32.2 Å². The van der Waals surface area contributed by atoms with E-state index < -0.39 is 6.09 Å². The SMILES string of the molecule is COc1cc2ncnc(N3CCC(OC(N)=O)CC3)c2cc1OC. The van der Waals surface area contributed by atoms with Crippen molar-refractivity contribution in [1.82, 2.24) is 9.97 Å². The minimum absolute atomic E-state index is 0.138. The van der Waals surface area contributed by atoms with E-state index in [4.69, 9.17) is 19.9 Å². The molecule has 2 heterocycles. The van der Waals surface area contributed by atoms with Crippen LogP contribution in [0.15, 0.2) is 18.5 Å². The predicted octanol–water partition coefficient (Wildman–Crippen LogP) is 1.71. The van der Waals surface area contributed by atoms with Gasteiger partial charge < -0.3 is 24.8 Å². The van der Waals surface area contributed by atoms with Gasteiger partial charge in [0.1, 0.15) is 18.2 Å². The van der Waals surface area contributed by atoms with Crippen LogP contribution in [0.5, 0.6) is 11.5 Å². The fraction of sp³-hybridized carbons (Fsp3) is 0.438. The summed E-state index contributed by atoms with van der Waals surface area (Å²) in [4.78, 5) is 21.8. The van der Waals surface area contributed by atoms with Crippen LogP contribution < -0.4 is 20.1 Å². The van der Waals surface area contributed by atoms with Gasteiger partial charge in [0.15, 0.2) is 11.5 Å². The summed E-state index contributed by atoms with van der Waals surface area (Å²) >= 11 is 0. The van der Waals surface area contributed by atoms with Crippen molar-refractivity contribution in [3.8, 4) is 11.5 Å². The number of ether oxygens (including phenoxy) is 3. The lowest BCUT2D eigenvalue weighted by Crippen LogP contribution is -2.39. The Morgan fingerprint density at radius 1 is 1.17 bits per heavy atom. The van der Waals surface area contributed by atoms with Gasteiger partial charge in [0, 0.05) is 37.4 Å². The third-order valence-corrected chi connectivity index (χ3v) is 4.14. The Hall–Kier alpha value is -2.77. The molecule has 8 nitrogen and oxygen atoms in total. The van der Waals surface area contributed by atoms with Gasteiger partial charge in [-0.15, -0.1) is 0 Å². The standard InChI is InChI=1S/C16H20N4O4/c1-22-13-7-11-12(8-14(13)23-2)18-9-19-15(11)20-5-3-10(4-6-20)24-16(17)21/h7-10H,3-6H2,1-2H3,(H2,17,21). The number of primary amides is 1. The van der Waals surface area contributed by atoms with Crippen LogP contribution in [0.1, 0.15) is 12.8 Å². The van der Waals surface area contributed by atoms with E-state index in [0.717, 1.165) is 29.8 Å². The summed E-state index contributed by atoms with van der Waals surface area (Å²) in [5.41, 5.74) is 5.87. The Morgan fingerprint density at radius 2 is 1.83 bits per heavy atom. The van der Waals surface area contributed by atoms with Crippen molar-refractivity contribution in [2.45, 2.75) is 18.9 Å². The summed E-state index contributed by atoms with van der Waals surface area (Å²) in [6, 6.07) is 3.72. The number of fused-ring (bicyclic) bond motifs is 1. The number of rotatable bonds is 4. The molecule has 8 heteroatoms. The van der Waals surface area contributed by atoms with Gasteiger partial charge in [0.25, 0.3) is 0 Å². The highest BCUT2D eigenvalue weighted by molar-refractivity contribution is 5.92. The molecule has 2 N–H and O–H groups in total. The topological polar surface area (TPSA) is 99.8 Å². The van der Waals surface area contributed by atoms with Crippen molar-refractivity contribution >= 4 is 22.8 Å². The molecule has 0 saturated carbocycles. The van der Waals surface area contributed by atoms with Gasteiger partial charge in [0.05, 0.1) is 19.7 Å². The average molecular weight is 332 g/mol. The van der Waals surface area contributed by atoms with Gasteiger partial charge in [-0.3, -0.25) is 0 Å². The molecule has 1 amide bonds. The number of amides is 1. The van der Waals surface area contributed by atoms with Gasteiger partial charge in [-0.05, 0) is 6.07 Å². The van der Waals surface area contributed by atoms with E-state index in [1.54, 1.807) is 14.2 Å². The van der Waals surface area contributed by atoms with Gasteiger partial charge in [-0.25, -0.2) is 14.8 Å². The predicted molar refractivity (Wildman–Crippen MR) is 88.5 cm³/mol. The summed E-state index contributed by atoms with van der Waals surface area (Å²) in [5.74, 6) is 2.09. The van der Waals surface area contributed by atoms with Crippen LogP contribution in [0.2, 0.25) is 0 Å². The Bertz CT molecular complexity index is 744. The lowest BCUT2D eigenvalue weighted by molar-refractivity contribution is 0.0912. The molecule has 0 unspecified atom stereocenters. The monoisotopic (exact) mass is 332 g/mol. The van der Waals surface area contributed by atoms with Gasteiger partial charge in [-0.1, -0.05) is 0 Å². The summed E-state index contributed by atoms with van der Waals surface area (Å²) in [6.45, 7) is 1.44. The molecule has 3 rings (SSSR count). The largest absolute Gasteiger partial charge is 0.493 e. The fourth-order valence-corrected chi connectivity index (χ4v) is 2.97. The van der Waals surface area contributed by atoms with Crippen LogP contribution >= 0.6 is 0 Å². The van der Waals surface area contributed by atoms with Crippen molar-refractivity contribution in [2.24, 2.45) is 5.73 Å². The minimum atomic E-state index is -0.724. The van der Waals surface area contributed by atoms with E-state index in [-0.39, 0.29) is 6.10 Å². The smallest absolute Gasteiger partial charge is 0.404 e. The van der Waals surface area contributed by atoms with Gasteiger partial charge in [-0.2, -0.15) is 0 Å². The number of nitrogens with two attached hydrogens (primary N) is 1. The van der Waals surface area contributed by atoms with Crippen LogP contribution in [-0.4, -0.2) is 49.5 Å². The number of aromatic nitrogens is 2. The molecule has 1 aromatic carbocycles. The Labute approximate surface area is 139 Å². The Balaban J connectivity index is 1.89. The number of carbonyl (C=O) groups excluding carboxylic acids is 1. The number of benzene rings is 1. The zero-order valence-corrected chi connectivity index (χ0v) is 13.7. The molecular formula is C16H20N4O4. The normalized spacial score (nSPS) is 15.3. The van der Waals surface area contributed by atoms with Crippen LogP contribution in [0.25, 0.3) is 10.9 Å². The molecule has 1 fully saturated rings. The number of hydrogen-bond donors (Lipinski definition) is 1. The minimum Gasteiger partial charge on any atom is -0.493 e. The quantitative estimate of drug-likeness (QED) is 0.909. The first-order valence-corrected chi connectivity index (χ1v) is 7.70. The molecule has 0 aliphatic carbocycles. The third-order valence-electron chi connectivity index (χ3n) is 4.14. The fourth-order valence-electron chi connectivity index (χ4n) is 2.97. The average Bonchev–Trinajstić information content (AvgIpc) is 2.60. The zero-order chi connectivity index (χ0) is 17.1. The number of hydrogen-bond acceptors (Lipinski definition) is 7. The molecule has 2 aromatic rings. The van der Waals surface area contributed by atoms with Crippen molar-refractivity contribution in [3.63, 3.8) is 0 Å². The highest BCUT2D eigenvalue weighted by atomic mass is 16.6. The Kier molecular flexibility index (Phi) is 4.54. The number of anilines is 1. The molecule has 1 saturated heterocycles. The molecule has 128 valence electrons. The second-order valence-corrected chi connectivity index (χ2v) is 5.54. The number of piperidine rings is 1. The van der Waals surface area contributed by atoms with Crippen LogP contribution in [0, 0.1) is 0 Å². The highest BCUT2D eigenvalue weighted by Gasteiger charge is 2.24. The van der Waals surface area contributed by atoms with Crippen LogP contribution in [0.3, 0.4) is 0 Å². The van der Waals surface area contributed by atoms with Gasteiger partial charge >= 0.3 is 6.09 Å². The molecular weight excluding hydrogens is 312 g/mol. The molecule has 1 aromatic heterocycles. The molecule has 1 aliphatic rings. The van der Waals surface area contributed by atoms with E-state index in [1.807, 2.05) is 12.1 Å². The summed E-state index contributed by atoms with van der Waals surface area (Å²) in [5, 5.41) is 0.893. The van der Waals surface area contributed by atoms with Crippen molar-refractivity contribution in [1.29, 1.82) is 0 Å². The van der Waals surface area contributed by atoms with E-state index in [1.165, 1.54) is 6.33 Å². The van der Waals surface area contributed by atoms with E-state index in [0.29, 0.717) is 24.3 Å². The first-order valence-electron chi connectivity index (χ1n) is 7.70. The third kappa shape index (κ3) is 3.12. The lowest BCUT2D eigenvalue weighted by Gasteiger charge is -2.32. The number of carbonyl (C=O) groups is 1. The highest BCUT2D eigenvalue weighted by Crippen LogP contribution is 2.35. The number of nitrogens with zero attached hydrogens (tertiary/aromatic N) is 3. The maximum absolute atomic E-state index is 10.9. The first-order chi connectivity index (χ1) is 11.6. The van der Waals surface area contributed by atoms with Crippen molar-refractivity contribution in [3.05, 3.63) is 18.5 Å². The maximum atomic E-state index is 10.9. The van der Waals surface area contributed by atoms with E-state index >= 15 is 0 Å². The second-order valence-electron chi connectivity index (χ2n) is 5.54. The van der Waals surface area contributed by atoms with E-state index in [2.05, 4.69) is 14.9 Å². The molecule has 24 heavy (non-hydrogen) atoms. The summed E-state index contributed by atoms with van der Waals surface area (Å²) in [7, 11) is 3.19. The maximum Gasteiger partial charge on any atom is 0.404 e. The molecule has 0 bridgehead atoms. The first kappa shape index (κ1) is 16.1. The molecule has 0 radical (unpaired) electrons. The van der Waals surface area contributed by atoms with E-state index in [9.17, 15) is 4.79 Å². The summed E-state index contributed by atoms with van der Waals surface area (Å²) < 4.78 is 15.8. The van der Waals surface area contributed by atoms with Crippen LogP contribution in [0.4, 0.5) is 10.6 Å². The number of methoxy groups -OCH3 is 2. The summed E-state index contributed by atoms with van der Waals surface area (Å²) in [6.07, 6.45) is 2.10. The molecule has 0 spiro atoms. The Morgan fingerprint density at radius 3 is 2.46 bits per heavy atom. The molecule has 0 atom stereocenters. The van der Waals surface area contributed by atoms with Crippen molar-refractivity contribution < 1.29 is 19.0 Å². The zero-order valence-electron chi connectivity index (χ0n) is 13.7.